The predicted molar refractivity (Wildman–Crippen MR) is 70.4 cm³/mol. The summed E-state index contributed by atoms with van der Waals surface area (Å²) >= 11 is 0. The molecule has 21 heavy (non-hydrogen) atoms. The lowest BCUT2D eigenvalue weighted by Gasteiger charge is -2.12. The van der Waals surface area contributed by atoms with Gasteiger partial charge in [0.1, 0.15) is 0 Å². The van der Waals surface area contributed by atoms with Gasteiger partial charge in [-0.25, -0.2) is 9.97 Å². The Bertz CT molecular complexity index is 666. The summed E-state index contributed by atoms with van der Waals surface area (Å²) < 4.78 is 37.4. The monoisotopic (exact) mass is 295 g/mol. The number of nitrogens with zero attached hydrogens (tertiary/aromatic N) is 2. The van der Waals surface area contributed by atoms with Crippen LogP contribution in [0, 0.1) is 0 Å². The Morgan fingerprint density at radius 3 is 2.33 bits per heavy atom. The number of hydrogen-bond acceptors (Lipinski definition) is 3. The van der Waals surface area contributed by atoms with Crippen LogP contribution in [-0.4, -0.2) is 15.9 Å². The van der Waals surface area contributed by atoms with Crippen LogP contribution in [0.25, 0.3) is 11.1 Å². The van der Waals surface area contributed by atoms with Gasteiger partial charge in [-0.05, 0) is 18.1 Å². The van der Waals surface area contributed by atoms with E-state index in [1.165, 1.54) is 6.07 Å². The highest BCUT2D eigenvalue weighted by atomic mass is 19.4. The highest BCUT2D eigenvalue weighted by Crippen LogP contribution is 2.30. The second-order valence-electron chi connectivity index (χ2n) is 4.35. The SMILES string of the molecule is CCc1cccc(C(N)=O)c1-c1cnc(C(F)(F)F)nc1. The third kappa shape index (κ3) is 3.01. The minimum Gasteiger partial charge on any atom is -0.366 e. The van der Waals surface area contributed by atoms with E-state index in [4.69, 9.17) is 5.73 Å². The lowest BCUT2D eigenvalue weighted by Crippen LogP contribution is -2.14. The number of carbonyl (C=O) groups excluding carboxylic acids is 1. The summed E-state index contributed by atoms with van der Waals surface area (Å²) in [4.78, 5) is 18.1. The van der Waals surface area contributed by atoms with Crippen LogP contribution in [0.4, 0.5) is 13.2 Å². The highest BCUT2D eigenvalue weighted by Gasteiger charge is 2.34. The molecule has 1 aromatic heterocycles. The van der Waals surface area contributed by atoms with Gasteiger partial charge in [0.25, 0.3) is 0 Å². The zero-order valence-electron chi connectivity index (χ0n) is 11.1. The van der Waals surface area contributed by atoms with Crippen molar-refractivity contribution in [1.29, 1.82) is 0 Å². The second-order valence-corrected chi connectivity index (χ2v) is 4.35. The molecule has 0 aliphatic carbocycles. The number of alkyl halides is 3. The molecule has 1 heterocycles. The van der Waals surface area contributed by atoms with E-state index in [9.17, 15) is 18.0 Å². The molecule has 110 valence electrons. The Hall–Kier alpha value is -2.44. The van der Waals surface area contributed by atoms with E-state index in [1.54, 1.807) is 12.1 Å². The summed E-state index contributed by atoms with van der Waals surface area (Å²) in [7, 11) is 0. The molecule has 2 aromatic rings. The van der Waals surface area contributed by atoms with E-state index in [1.807, 2.05) is 6.92 Å². The van der Waals surface area contributed by atoms with Crippen molar-refractivity contribution in [2.24, 2.45) is 5.73 Å². The molecule has 7 heteroatoms. The van der Waals surface area contributed by atoms with Gasteiger partial charge < -0.3 is 5.73 Å². The van der Waals surface area contributed by atoms with E-state index in [-0.39, 0.29) is 5.56 Å². The highest BCUT2D eigenvalue weighted by molar-refractivity contribution is 6.00. The van der Waals surface area contributed by atoms with Crippen molar-refractivity contribution in [3.63, 3.8) is 0 Å². The molecule has 0 fully saturated rings. The van der Waals surface area contributed by atoms with E-state index >= 15 is 0 Å². The third-order valence-electron chi connectivity index (χ3n) is 2.99. The molecular weight excluding hydrogens is 283 g/mol. The van der Waals surface area contributed by atoms with Gasteiger partial charge in [0.05, 0.1) is 0 Å². The molecule has 1 aromatic carbocycles. The maximum absolute atomic E-state index is 12.5. The minimum absolute atomic E-state index is 0.234. The summed E-state index contributed by atoms with van der Waals surface area (Å²) in [6, 6.07) is 4.97. The molecule has 4 nitrogen and oxygen atoms in total. The Labute approximate surface area is 118 Å². The lowest BCUT2D eigenvalue weighted by atomic mass is 9.94. The van der Waals surface area contributed by atoms with Gasteiger partial charge in [-0.1, -0.05) is 19.1 Å². The van der Waals surface area contributed by atoms with Gasteiger partial charge in [-0.2, -0.15) is 13.2 Å². The summed E-state index contributed by atoms with van der Waals surface area (Å²) in [6.45, 7) is 1.87. The largest absolute Gasteiger partial charge is 0.451 e. The van der Waals surface area contributed by atoms with Gasteiger partial charge >= 0.3 is 6.18 Å². The lowest BCUT2D eigenvalue weighted by molar-refractivity contribution is -0.144. The number of amides is 1. The molecule has 0 bridgehead atoms. The van der Waals surface area contributed by atoms with Gasteiger partial charge in [-0.15, -0.1) is 0 Å². The molecule has 0 aliphatic heterocycles. The Morgan fingerprint density at radius 2 is 1.86 bits per heavy atom. The van der Waals surface area contributed by atoms with Gasteiger partial charge in [0, 0.05) is 29.1 Å². The van der Waals surface area contributed by atoms with Crippen LogP contribution in [0.2, 0.25) is 0 Å². The first-order valence-electron chi connectivity index (χ1n) is 6.16. The van der Waals surface area contributed by atoms with E-state index in [0.717, 1.165) is 18.0 Å². The number of halogens is 3. The number of nitrogens with two attached hydrogens (primary N) is 1. The van der Waals surface area contributed by atoms with Crippen LogP contribution < -0.4 is 5.73 Å². The molecule has 2 rings (SSSR count). The standard InChI is InChI=1S/C14H12F3N3O/c1-2-8-4-3-5-10(12(18)21)11(8)9-6-19-13(20-7-9)14(15,16)17/h3-7H,2H2,1H3,(H2,18,21). The molecule has 0 aliphatic rings. The predicted octanol–water partition coefficient (Wildman–Crippen LogP) is 2.82. The number of primary amides is 1. The number of rotatable bonds is 3. The molecule has 0 spiro atoms. The molecule has 0 saturated carbocycles. The topological polar surface area (TPSA) is 68.9 Å². The first-order chi connectivity index (χ1) is 9.84. The zero-order valence-corrected chi connectivity index (χ0v) is 11.1. The molecule has 1 amide bonds. The average molecular weight is 295 g/mol. The van der Waals surface area contributed by atoms with Crippen LogP contribution in [-0.2, 0) is 12.6 Å². The molecule has 0 radical (unpaired) electrons. The average Bonchev–Trinajstić information content (AvgIpc) is 2.45. The summed E-state index contributed by atoms with van der Waals surface area (Å²) in [6.07, 6.45) is -1.90. The van der Waals surface area contributed by atoms with Crippen molar-refractivity contribution in [2.45, 2.75) is 19.5 Å². The number of carbonyl (C=O) groups is 1. The molecule has 0 saturated heterocycles. The number of aromatic nitrogens is 2. The quantitative estimate of drug-likeness (QED) is 0.946. The fraction of sp³-hybridized carbons (Fsp3) is 0.214. The van der Waals surface area contributed by atoms with Crippen molar-refractivity contribution in [3.8, 4) is 11.1 Å². The van der Waals surface area contributed by atoms with Gasteiger partial charge in [0.2, 0.25) is 11.7 Å². The van der Waals surface area contributed by atoms with Crippen molar-refractivity contribution < 1.29 is 18.0 Å². The minimum atomic E-state index is -4.60. The summed E-state index contributed by atoms with van der Waals surface area (Å²) in [5.41, 5.74) is 7.14. The van der Waals surface area contributed by atoms with Crippen molar-refractivity contribution in [1.82, 2.24) is 9.97 Å². The zero-order chi connectivity index (χ0) is 15.6. The van der Waals surface area contributed by atoms with Gasteiger partial charge in [-0.3, -0.25) is 4.79 Å². The Balaban J connectivity index is 2.58. The Morgan fingerprint density at radius 1 is 1.24 bits per heavy atom. The fourth-order valence-electron chi connectivity index (χ4n) is 2.04. The van der Waals surface area contributed by atoms with Crippen molar-refractivity contribution in [2.75, 3.05) is 0 Å². The van der Waals surface area contributed by atoms with E-state index in [2.05, 4.69) is 9.97 Å². The number of benzene rings is 1. The Kier molecular flexibility index (Phi) is 3.93. The summed E-state index contributed by atoms with van der Waals surface area (Å²) in [5.74, 6) is -1.87. The van der Waals surface area contributed by atoms with Crippen molar-refractivity contribution in [3.05, 3.63) is 47.5 Å². The first kappa shape index (κ1) is 15.0. The van der Waals surface area contributed by atoms with Crippen molar-refractivity contribution >= 4 is 5.91 Å². The van der Waals surface area contributed by atoms with E-state index < -0.39 is 17.9 Å². The third-order valence-corrected chi connectivity index (χ3v) is 2.99. The summed E-state index contributed by atoms with van der Waals surface area (Å²) in [5, 5.41) is 0. The van der Waals surface area contributed by atoms with Crippen LogP contribution in [0.1, 0.15) is 28.7 Å². The van der Waals surface area contributed by atoms with Crippen LogP contribution >= 0.6 is 0 Å². The molecule has 2 N–H and O–H groups in total. The maximum atomic E-state index is 12.5. The van der Waals surface area contributed by atoms with Crippen LogP contribution in [0.5, 0.6) is 0 Å². The molecular formula is C14H12F3N3O. The maximum Gasteiger partial charge on any atom is 0.451 e. The van der Waals surface area contributed by atoms with Gasteiger partial charge in [0.15, 0.2) is 0 Å². The fourth-order valence-corrected chi connectivity index (χ4v) is 2.04. The van der Waals surface area contributed by atoms with Crippen LogP contribution in [0.3, 0.4) is 0 Å². The molecule has 0 atom stereocenters. The van der Waals surface area contributed by atoms with Crippen LogP contribution in [0.15, 0.2) is 30.6 Å². The number of hydrogen-bond donors (Lipinski definition) is 1. The number of aryl methyl sites for hydroxylation is 1. The second kappa shape index (κ2) is 5.51. The normalized spacial score (nSPS) is 11.4. The molecule has 0 unspecified atom stereocenters. The smallest absolute Gasteiger partial charge is 0.366 e. The first-order valence-corrected chi connectivity index (χ1v) is 6.16. The van der Waals surface area contributed by atoms with E-state index in [0.29, 0.717) is 17.5 Å².